The molecule has 39 heavy (non-hydrogen) atoms. The van der Waals surface area contributed by atoms with Crippen molar-refractivity contribution in [2.75, 3.05) is 23.8 Å². The third-order valence-electron chi connectivity index (χ3n) is 7.12. The van der Waals surface area contributed by atoms with Gasteiger partial charge >= 0.3 is 0 Å². The van der Waals surface area contributed by atoms with E-state index >= 15 is 0 Å². The lowest BCUT2D eigenvalue weighted by atomic mass is 9.96. The van der Waals surface area contributed by atoms with E-state index in [4.69, 9.17) is 18.0 Å². The summed E-state index contributed by atoms with van der Waals surface area (Å²) in [6.07, 6.45) is 11.2. The summed E-state index contributed by atoms with van der Waals surface area (Å²) in [4.78, 5) is 8.58. The summed E-state index contributed by atoms with van der Waals surface area (Å²) in [5, 5.41) is 20.1. The molecule has 10 heteroatoms. The molecule has 5 rings (SSSR count). The van der Waals surface area contributed by atoms with Crippen LogP contribution in [0.1, 0.15) is 56.5 Å². The smallest absolute Gasteiger partial charge is 0.213 e. The molecule has 0 bridgehead atoms. The van der Waals surface area contributed by atoms with Crippen LogP contribution in [0.2, 0.25) is 5.02 Å². The lowest BCUT2D eigenvalue weighted by Gasteiger charge is -2.24. The molecule has 3 heterocycles. The fourth-order valence-electron chi connectivity index (χ4n) is 4.68. The fraction of sp³-hybridized carbons (Fsp3) is 0.379. The van der Waals surface area contributed by atoms with Crippen LogP contribution in [0.3, 0.4) is 0 Å². The highest BCUT2D eigenvalue weighted by Crippen LogP contribution is 2.42. The number of benzene rings is 1. The monoisotopic (exact) mass is 549 g/mol. The van der Waals surface area contributed by atoms with E-state index in [2.05, 4.69) is 58.3 Å². The molecule has 0 spiro atoms. The second kappa shape index (κ2) is 10.2. The third-order valence-corrected chi connectivity index (χ3v) is 7.41. The lowest BCUT2D eigenvalue weighted by molar-refractivity contribution is 0.106. The van der Waals surface area contributed by atoms with E-state index in [-0.39, 0.29) is 17.6 Å². The van der Waals surface area contributed by atoms with Crippen LogP contribution in [0, 0.1) is 30.6 Å². The van der Waals surface area contributed by atoms with Crippen molar-refractivity contribution >= 4 is 33.9 Å². The van der Waals surface area contributed by atoms with Gasteiger partial charge in [-0.05, 0) is 43.4 Å². The molecule has 1 aliphatic heterocycles. The van der Waals surface area contributed by atoms with Gasteiger partial charge in [-0.15, -0.1) is 12.0 Å². The van der Waals surface area contributed by atoms with E-state index in [9.17, 15) is 9.50 Å². The van der Waals surface area contributed by atoms with Gasteiger partial charge in [-0.3, -0.25) is 9.99 Å². The Bertz CT molecular complexity index is 1490. The fourth-order valence-corrected chi connectivity index (χ4v) is 4.95. The highest BCUT2D eigenvalue weighted by Gasteiger charge is 2.48. The van der Waals surface area contributed by atoms with Crippen LogP contribution in [0.5, 0.6) is 0 Å². The molecule has 1 fully saturated rings. The summed E-state index contributed by atoms with van der Waals surface area (Å²) in [6, 6.07) is 6.41. The van der Waals surface area contributed by atoms with Crippen molar-refractivity contribution in [3.63, 3.8) is 0 Å². The summed E-state index contributed by atoms with van der Waals surface area (Å²) in [7, 11) is 0. The zero-order valence-electron chi connectivity index (χ0n) is 22.5. The SMILES string of the molecule is C#Cc1cnc2c(Cl)cc(N[C@H](C3=CN(C4(CO)CC4)NN3)c3ccc(F)nc3C)cc2c1NCC(C)(C)C. The summed E-state index contributed by atoms with van der Waals surface area (Å²) >= 11 is 6.75. The van der Waals surface area contributed by atoms with E-state index in [0.29, 0.717) is 28.3 Å². The van der Waals surface area contributed by atoms with Crippen molar-refractivity contribution in [2.45, 2.75) is 52.1 Å². The second-order valence-electron chi connectivity index (χ2n) is 11.4. The number of aliphatic hydroxyl groups excluding tert-OH is 1. The zero-order chi connectivity index (χ0) is 27.9. The highest BCUT2D eigenvalue weighted by molar-refractivity contribution is 6.35. The highest BCUT2D eigenvalue weighted by atomic mass is 35.5. The average Bonchev–Trinajstić information content (AvgIpc) is 3.53. The summed E-state index contributed by atoms with van der Waals surface area (Å²) in [5.74, 6) is 2.19. The van der Waals surface area contributed by atoms with Gasteiger partial charge in [0.2, 0.25) is 5.95 Å². The maximum absolute atomic E-state index is 13.9. The maximum atomic E-state index is 13.9. The van der Waals surface area contributed by atoms with Crippen molar-refractivity contribution in [3.8, 4) is 12.3 Å². The van der Waals surface area contributed by atoms with Crippen LogP contribution in [0.25, 0.3) is 10.9 Å². The second-order valence-corrected chi connectivity index (χ2v) is 11.8. The largest absolute Gasteiger partial charge is 0.394 e. The van der Waals surface area contributed by atoms with Gasteiger partial charge in [-0.2, -0.15) is 4.39 Å². The maximum Gasteiger partial charge on any atom is 0.213 e. The molecule has 1 aromatic carbocycles. The number of aryl methyl sites for hydroxylation is 1. The van der Waals surface area contributed by atoms with Crippen LogP contribution in [-0.2, 0) is 0 Å². The van der Waals surface area contributed by atoms with Gasteiger partial charge < -0.3 is 21.2 Å². The number of hydrogen-bond acceptors (Lipinski definition) is 8. The van der Waals surface area contributed by atoms with Crippen LogP contribution >= 0.6 is 11.6 Å². The molecule has 2 aliphatic rings. The minimum Gasteiger partial charge on any atom is -0.394 e. The molecule has 0 saturated heterocycles. The van der Waals surface area contributed by atoms with Crippen LogP contribution in [0.15, 0.2) is 42.4 Å². The first-order chi connectivity index (χ1) is 18.5. The number of pyridine rings is 2. The number of terminal acetylenes is 1. The Kier molecular flexibility index (Phi) is 7.06. The molecule has 1 atom stereocenters. The molecule has 5 N–H and O–H groups in total. The predicted octanol–water partition coefficient (Wildman–Crippen LogP) is 5.01. The molecular formula is C29H33ClFN7O. The van der Waals surface area contributed by atoms with Crippen molar-refractivity contribution in [2.24, 2.45) is 5.41 Å². The number of nitrogens with one attached hydrogen (secondary N) is 4. The number of anilines is 2. The molecular weight excluding hydrogens is 517 g/mol. The number of nitrogens with zero attached hydrogens (tertiary/aromatic N) is 3. The molecule has 1 aliphatic carbocycles. The average molecular weight is 550 g/mol. The number of halogens is 2. The molecule has 8 nitrogen and oxygen atoms in total. The van der Waals surface area contributed by atoms with Crippen molar-refractivity contribution in [3.05, 3.63) is 70.2 Å². The van der Waals surface area contributed by atoms with E-state index in [1.807, 2.05) is 23.3 Å². The standard InChI is InChI=1S/C29H33ClFN7O/c1-6-18-13-32-26-21(25(18)33-15-28(3,4)5)11-19(12-22(26)30)35-27(20-7-8-24(31)34-17(20)2)23-14-38(37-36-23)29(16-39)9-10-29/h1,7-8,11-14,27,35-37,39H,9-10,15-16H2,2-5H3,(H,32,33)/t27-/m0/s1. The Balaban J connectivity index is 1.58. The molecule has 2 aromatic heterocycles. The third kappa shape index (κ3) is 5.46. The molecule has 1 saturated carbocycles. The molecule has 204 valence electrons. The summed E-state index contributed by atoms with van der Waals surface area (Å²) < 4.78 is 13.9. The van der Waals surface area contributed by atoms with Crippen molar-refractivity contribution < 1.29 is 9.50 Å². The minimum atomic E-state index is -0.545. The van der Waals surface area contributed by atoms with Crippen molar-refractivity contribution in [1.82, 2.24) is 25.9 Å². The van der Waals surface area contributed by atoms with Gasteiger partial charge in [0.05, 0.1) is 45.7 Å². The van der Waals surface area contributed by atoms with Gasteiger partial charge in [-0.25, -0.2) is 4.98 Å². The molecule has 0 unspecified atom stereocenters. The Morgan fingerprint density at radius 3 is 2.72 bits per heavy atom. The Labute approximate surface area is 233 Å². The first-order valence-electron chi connectivity index (χ1n) is 12.9. The topological polar surface area (TPSA) is 97.4 Å². The van der Waals surface area contributed by atoms with Gasteiger partial charge in [0.15, 0.2) is 0 Å². The number of hydrogen-bond donors (Lipinski definition) is 5. The van der Waals surface area contributed by atoms with Gasteiger partial charge in [0.25, 0.3) is 0 Å². The Morgan fingerprint density at radius 1 is 1.31 bits per heavy atom. The molecule has 0 amide bonds. The Morgan fingerprint density at radius 2 is 2.08 bits per heavy atom. The van der Waals surface area contributed by atoms with Crippen LogP contribution in [0.4, 0.5) is 15.8 Å². The van der Waals surface area contributed by atoms with E-state index in [1.165, 1.54) is 6.07 Å². The predicted molar refractivity (Wildman–Crippen MR) is 153 cm³/mol. The number of fused-ring (bicyclic) bond motifs is 1. The Hall–Kier alpha value is -3.58. The summed E-state index contributed by atoms with van der Waals surface area (Å²) in [5.41, 5.74) is 11.0. The number of hydrazine groups is 2. The van der Waals surface area contributed by atoms with E-state index in [1.54, 1.807) is 19.2 Å². The minimum absolute atomic E-state index is 0.0201. The number of aliphatic hydroxyl groups is 1. The quantitative estimate of drug-likeness (QED) is 0.197. The van der Waals surface area contributed by atoms with Crippen molar-refractivity contribution in [1.29, 1.82) is 0 Å². The van der Waals surface area contributed by atoms with E-state index < -0.39 is 12.0 Å². The molecule has 0 radical (unpaired) electrons. The number of rotatable bonds is 8. The van der Waals surface area contributed by atoms with Crippen LogP contribution < -0.4 is 21.6 Å². The normalized spacial score (nSPS) is 16.9. The van der Waals surface area contributed by atoms with E-state index in [0.717, 1.165) is 40.9 Å². The summed E-state index contributed by atoms with van der Waals surface area (Å²) in [6.45, 7) is 8.94. The first kappa shape index (κ1) is 27.0. The van der Waals surface area contributed by atoms with Gasteiger partial charge in [-0.1, -0.05) is 44.4 Å². The van der Waals surface area contributed by atoms with Gasteiger partial charge in [0.1, 0.15) is 0 Å². The van der Waals surface area contributed by atoms with Gasteiger partial charge in [0, 0.05) is 41.3 Å². The van der Waals surface area contributed by atoms with Crippen LogP contribution in [-0.4, -0.2) is 38.8 Å². The zero-order valence-corrected chi connectivity index (χ0v) is 23.2. The number of aromatic nitrogens is 2. The molecule has 3 aromatic rings. The first-order valence-corrected chi connectivity index (χ1v) is 13.3. The lowest BCUT2D eigenvalue weighted by Crippen LogP contribution is -2.46.